The van der Waals surface area contributed by atoms with Gasteiger partial charge in [0.1, 0.15) is 11.2 Å². The number of nitrogens with two attached hydrogens (primary N) is 1. The van der Waals surface area contributed by atoms with Crippen molar-refractivity contribution in [2.24, 2.45) is 0 Å². The lowest BCUT2D eigenvalue weighted by atomic mass is 10.00. The molecule has 4 N–H and O–H groups in total. The number of benzene rings is 2. The lowest BCUT2D eigenvalue weighted by Crippen LogP contribution is -2.31. The highest BCUT2D eigenvalue weighted by Gasteiger charge is 2.28. The molecular formula is C32H47N5O4. The van der Waals surface area contributed by atoms with E-state index in [9.17, 15) is 14.4 Å². The van der Waals surface area contributed by atoms with Gasteiger partial charge in [-0.05, 0) is 52.5 Å². The summed E-state index contributed by atoms with van der Waals surface area (Å²) in [5, 5.41) is 5.84. The zero-order valence-corrected chi connectivity index (χ0v) is 25.2. The second kappa shape index (κ2) is 16.1. The van der Waals surface area contributed by atoms with Crippen LogP contribution in [-0.2, 0) is 0 Å². The molecule has 1 aliphatic carbocycles. The van der Waals surface area contributed by atoms with Gasteiger partial charge in [0.2, 0.25) is 5.43 Å². The molecule has 1 heterocycles. The summed E-state index contributed by atoms with van der Waals surface area (Å²) >= 11 is 0. The zero-order valence-electron chi connectivity index (χ0n) is 25.2. The number of unbranched alkanes of at least 4 members (excludes halogenated alkanes) is 9. The summed E-state index contributed by atoms with van der Waals surface area (Å²) in [5.41, 5.74) is 6.96. The van der Waals surface area contributed by atoms with Gasteiger partial charge in [0.05, 0.1) is 16.8 Å². The van der Waals surface area contributed by atoms with Crippen molar-refractivity contribution < 1.29 is 14.0 Å². The normalized spacial score (nSPS) is 11.4. The third-order valence-corrected chi connectivity index (χ3v) is 7.44. The highest BCUT2D eigenvalue weighted by atomic mass is 16.3. The number of nitrogens with one attached hydrogen (secondary N) is 2. The number of nitrogens with zero attached hydrogens (tertiary/aromatic N) is 2. The van der Waals surface area contributed by atoms with Gasteiger partial charge in [-0.15, -0.1) is 0 Å². The predicted octanol–water partition coefficient (Wildman–Crippen LogP) is 5.52. The van der Waals surface area contributed by atoms with Crippen LogP contribution in [0.25, 0.3) is 22.6 Å². The van der Waals surface area contributed by atoms with Crippen LogP contribution in [0.15, 0.2) is 27.4 Å². The van der Waals surface area contributed by atoms with Crippen molar-refractivity contribution in [3.63, 3.8) is 0 Å². The minimum Gasteiger partial charge on any atom is -0.452 e. The maximum absolute atomic E-state index is 13.2. The van der Waals surface area contributed by atoms with E-state index in [0.717, 1.165) is 25.8 Å². The first-order valence-corrected chi connectivity index (χ1v) is 15.1. The van der Waals surface area contributed by atoms with Crippen molar-refractivity contribution in [1.29, 1.82) is 0 Å². The average Bonchev–Trinajstić information content (AvgIpc) is 2.95. The Kier molecular flexibility index (Phi) is 12.6. The van der Waals surface area contributed by atoms with Gasteiger partial charge in [-0.25, -0.2) is 4.98 Å². The Labute approximate surface area is 243 Å². The molecule has 0 aromatic heterocycles. The van der Waals surface area contributed by atoms with Crippen molar-refractivity contribution in [3.05, 3.63) is 45.1 Å². The Morgan fingerprint density at radius 3 is 2.17 bits per heavy atom. The molecule has 224 valence electrons. The number of nitrogen functional groups attached to an aromatic ring is 1. The molecule has 1 aliphatic heterocycles. The third-order valence-electron chi connectivity index (χ3n) is 7.44. The summed E-state index contributed by atoms with van der Waals surface area (Å²) in [7, 11) is 3.91. The number of fused-ring (bicyclic) bond motifs is 2. The van der Waals surface area contributed by atoms with Crippen LogP contribution in [0.5, 0.6) is 0 Å². The number of carbonyl (C=O) groups excluding carboxylic acids is 2. The Balaban J connectivity index is 1.72. The van der Waals surface area contributed by atoms with E-state index in [1.54, 1.807) is 25.1 Å². The lowest BCUT2D eigenvalue weighted by molar-refractivity contribution is 0.0946. The van der Waals surface area contributed by atoms with Crippen LogP contribution in [0.2, 0.25) is 0 Å². The number of anilines is 1. The van der Waals surface area contributed by atoms with Gasteiger partial charge in [-0.2, -0.15) is 0 Å². The van der Waals surface area contributed by atoms with E-state index in [1.165, 1.54) is 51.4 Å². The maximum Gasteiger partial charge on any atom is 0.255 e. The molecule has 3 rings (SSSR count). The lowest BCUT2D eigenvalue weighted by Gasteiger charge is -2.17. The molecule has 9 nitrogen and oxygen atoms in total. The number of hydrogen-bond donors (Lipinski definition) is 3. The SMILES string of the molecule is CCCCCCCCCCCCNC(=O)c1cccc2oc3c(C)c(=O)c(N)c(C(=O)NCCCN(C)C)c-3nc12. The highest BCUT2D eigenvalue weighted by molar-refractivity contribution is 6.08. The number of carbonyl (C=O) groups is 2. The minimum atomic E-state index is -0.492. The molecule has 41 heavy (non-hydrogen) atoms. The van der Waals surface area contributed by atoms with Gasteiger partial charge in [0.25, 0.3) is 11.8 Å². The van der Waals surface area contributed by atoms with Gasteiger partial charge < -0.3 is 25.7 Å². The number of rotatable bonds is 17. The fraction of sp³-hybridized carbons (Fsp3) is 0.562. The molecule has 0 saturated heterocycles. The average molecular weight is 566 g/mol. The number of aromatic nitrogens is 1. The first-order valence-electron chi connectivity index (χ1n) is 15.1. The molecule has 0 bridgehead atoms. The van der Waals surface area contributed by atoms with Gasteiger partial charge in [-0.1, -0.05) is 70.8 Å². The number of hydrogen-bond acceptors (Lipinski definition) is 7. The van der Waals surface area contributed by atoms with Gasteiger partial charge in [-0.3, -0.25) is 14.4 Å². The van der Waals surface area contributed by atoms with Crippen LogP contribution in [0.4, 0.5) is 5.69 Å². The van der Waals surface area contributed by atoms with Crippen LogP contribution in [0, 0.1) is 6.92 Å². The van der Waals surface area contributed by atoms with Crippen LogP contribution in [0.1, 0.15) is 104 Å². The van der Waals surface area contributed by atoms with Gasteiger partial charge in [0.15, 0.2) is 11.3 Å². The molecular weight excluding hydrogens is 518 g/mol. The molecule has 1 aromatic rings. The van der Waals surface area contributed by atoms with Crippen LogP contribution in [0.3, 0.4) is 0 Å². The van der Waals surface area contributed by atoms with E-state index in [2.05, 4.69) is 17.6 Å². The maximum atomic E-state index is 13.2. The summed E-state index contributed by atoms with van der Waals surface area (Å²) in [6, 6.07) is 5.10. The first-order chi connectivity index (χ1) is 19.8. The van der Waals surface area contributed by atoms with E-state index in [4.69, 9.17) is 15.1 Å². The molecule has 1 aromatic carbocycles. The topological polar surface area (TPSA) is 131 Å². The van der Waals surface area contributed by atoms with Gasteiger partial charge >= 0.3 is 0 Å². The summed E-state index contributed by atoms with van der Waals surface area (Å²) < 4.78 is 6.08. The molecule has 2 amide bonds. The second-order valence-electron chi connectivity index (χ2n) is 11.1. The molecule has 0 radical (unpaired) electrons. The molecule has 0 saturated carbocycles. The smallest absolute Gasteiger partial charge is 0.255 e. The van der Waals surface area contributed by atoms with E-state index in [0.29, 0.717) is 29.8 Å². The van der Waals surface area contributed by atoms with Gasteiger partial charge in [0, 0.05) is 18.7 Å². The van der Waals surface area contributed by atoms with Crippen molar-refractivity contribution in [2.45, 2.75) is 84.5 Å². The monoisotopic (exact) mass is 565 g/mol. The fourth-order valence-electron chi connectivity index (χ4n) is 5.02. The Bertz CT molecular complexity index is 1330. The van der Waals surface area contributed by atoms with Crippen LogP contribution in [-0.4, -0.2) is 55.4 Å². The van der Waals surface area contributed by atoms with Crippen molar-refractivity contribution in [2.75, 3.05) is 39.5 Å². The van der Waals surface area contributed by atoms with E-state index in [1.807, 2.05) is 19.0 Å². The largest absolute Gasteiger partial charge is 0.452 e. The Morgan fingerprint density at radius 2 is 1.51 bits per heavy atom. The molecule has 0 spiro atoms. The van der Waals surface area contributed by atoms with E-state index >= 15 is 0 Å². The summed E-state index contributed by atoms with van der Waals surface area (Å²) in [5.74, 6) is -0.556. The van der Waals surface area contributed by atoms with Crippen molar-refractivity contribution >= 4 is 28.6 Å². The molecule has 0 fully saturated rings. The summed E-state index contributed by atoms with van der Waals surface area (Å²) in [6.07, 6.45) is 13.0. The number of amides is 2. The predicted molar refractivity (Wildman–Crippen MR) is 166 cm³/mol. The summed E-state index contributed by atoms with van der Waals surface area (Å²) in [6.45, 7) is 5.62. The summed E-state index contributed by atoms with van der Waals surface area (Å²) in [4.78, 5) is 45.9. The highest BCUT2D eigenvalue weighted by Crippen LogP contribution is 2.33. The van der Waals surface area contributed by atoms with Crippen molar-refractivity contribution in [3.8, 4) is 11.5 Å². The minimum absolute atomic E-state index is 0.0216. The molecule has 9 heteroatoms. The molecule has 0 atom stereocenters. The van der Waals surface area contributed by atoms with E-state index in [-0.39, 0.29) is 34.2 Å². The molecule has 0 unspecified atom stereocenters. The fourth-order valence-corrected chi connectivity index (χ4v) is 5.02. The first kappa shape index (κ1) is 32.1. The Hall–Kier alpha value is -3.46. The quantitative estimate of drug-likeness (QED) is 0.112. The van der Waals surface area contributed by atoms with Crippen molar-refractivity contribution in [1.82, 2.24) is 20.5 Å². The third kappa shape index (κ3) is 8.76. The van der Waals surface area contributed by atoms with Crippen LogP contribution >= 0.6 is 0 Å². The van der Waals surface area contributed by atoms with Crippen LogP contribution < -0.4 is 21.8 Å². The molecule has 2 aliphatic rings. The van der Waals surface area contributed by atoms with E-state index < -0.39 is 11.3 Å². The Morgan fingerprint density at radius 1 is 0.902 bits per heavy atom. The second-order valence-corrected chi connectivity index (χ2v) is 11.1. The zero-order chi connectivity index (χ0) is 29.8. The number of para-hydroxylation sites is 1. The standard InChI is InChI=1S/C32H47N5O4/c1-5-6-7-8-9-10-11-12-13-14-19-34-31(39)23-17-15-18-24-27(23)36-28-25(32(40)35-20-16-21-37(3)4)26(33)29(38)22(2)30(28)41-24/h15,17-18H,5-14,16,19-21,33H2,1-4H3,(H,34,39)(H,35,40).